The van der Waals surface area contributed by atoms with Gasteiger partial charge in [0.25, 0.3) is 5.91 Å². The van der Waals surface area contributed by atoms with Gasteiger partial charge in [-0.15, -0.1) is 0 Å². The number of anilines is 2. The van der Waals surface area contributed by atoms with Gasteiger partial charge in [-0.2, -0.15) is 5.26 Å². The van der Waals surface area contributed by atoms with Gasteiger partial charge in [0.1, 0.15) is 6.04 Å². The zero-order valence-electron chi connectivity index (χ0n) is 22.5. The molecule has 2 aliphatic heterocycles. The number of carbonyl (C=O) groups is 2. The lowest BCUT2D eigenvalue weighted by Gasteiger charge is -2.50. The Bertz CT molecular complexity index is 1520. The van der Waals surface area contributed by atoms with Gasteiger partial charge < -0.3 is 15.5 Å². The average Bonchev–Trinajstić information content (AvgIpc) is 2.97. The lowest BCUT2D eigenvalue weighted by atomic mass is 9.76. The van der Waals surface area contributed by atoms with E-state index >= 15 is 0 Å². The normalized spacial score (nSPS) is 22.5. The van der Waals surface area contributed by atoms with E-state index in [1.807, 2.05) is 18.2 Å². The first-order valence-electron chi connectivity index (χ1n) is 14.1. The molecule has 6 rings (SSSR count). The number of carbonyl (C=O) groups excluding carboxylic acids is 2. The van der Waals surface area contributed by atoms with E-state index < -0.39 is 29.6 Å². The zero-order chi connectivity index (χ0) is 28.5. The summed E-state index contributed by atoms with van der Waals surface area (Å²) in [7, 11) is 0. The third kappa shape index (κ3) is 5.27. The fourth-order valence-corrected chi connectivity index (χ4v) is 6.64. The van der Waals surface area contributed by atoms with Gasteiger partial charge in [-0.25, -0.2) is 13.6 Å². The standard InChI is InChI=1S/C32H31F2N5O2/c33-26-14-13-22(15-27(26)34)39(31(40)30-25-10-3-5-11-28(25)36-32(41)37-30)19-20-17-38(18-20)29-12-6-4-9-24(29)23-8-2-1-7-21(23)16-35/h1-3,5,7-8,10-11,13-15,20,24,29-30H,4,6,9,12,17-19H2,(H2,36,37,41). The molecule has 210 valence electrons. The van der Waals surface area contributed by atoms with Crippen LogP contribution >= 0.6 is 0 Å². The number of nitrogens with one attached hydrogen (secondary N) is 2. The minimum absolute atomic E-state index is 0.105. The molecule has 1 saturated carbocycles. The number of urea groups is 1. The highest BCUT2D eigenvalue weighted by Gasteiger charge is 2.41. The summed E-state index contributed by atoms with van der Waals surface area (Å²) in [4.78, 5) is 30.3. The molecule has 3 amide bonds. The SMILES string of the molecule is N#Cc1ccccc1C1CCCCC1N1CC(CN(C(=O)C2NC(=O)Nc3ccccc32)c2ccc(F)c(F)c2)C1. The van der Waals surface area contributed by atoms with E-state index in [0.717, 1.165) is 62.0 Å². The van der Waals surface area contributed by atoms with Crippen LogP contribution in [0.25, 0.3) is 0 Å². The number of para-hydroxylation sites is 1. The average molecular weight is 556 g/mol. The smallest absolute Gasteiger partial charge is 0.320 e. The number of amides is 3. The zero-order valence-corrected chi connectivity index (χ0v) is 22.5. The van der Waals surface area contributed by atoms with Crippen LogP contribution < -0.4 is 15.5 Å². The Balaban J connectivity index is 1.23. The van der Waals surface area contributed by atoms with Gasteiger partial charge in [0, 0.05) is 60.5 Å². The van der Waals surface area contributed by atoms with Gasteiger partial charge in [-0.1, -0.05) is 49.2 Å². The number of halogens is 2. The van der Waals surface area contributed by atoms with Crippen molar-refractivity contribution in [3.63, 3.8) is 0 Å². The predicted octanol–water partition coefficient (Wildman–Crippen LogP) is 5.70. The second-order valence-corrected chi connectivity index (χ2v) is 11.1. The number of fused-ring (bicyclic) bond motifs is 1. The fourth-order valence-electron chi connectivity index (χ4n) is 6.64. The highest BCUT2D eigenvalue weighted by atomic mass is 19.2. The van der Waals surface area contributed by atoms with Crippen LogP contribution in [0.2, 0.25) is 0 Å². The summed E-state index contributed by atoms with van der Waals surface area (Å²) in [5, 5.41) is 15.1. The van der Waals surface area contributed by atoms with Crippen molar-refractivity contribution in [3.05, 3.63) is 95.1 Å². The molecular weight excluding hydrogens is 524 g/mol. The Morgan fingerprint density at radius 2 is 1.71 bits per heavy atom. The van der Waals surface area contributed by atoms with E-state index in [1.165, 1.54) is 11.0 Å². The van der Waals surface area contributed by atoms with E-state index in [2.05, 4.69) is 27.7 Å². The number of likely N-dealkylation sites (tertiary alicyclic amines) is 1. The molecule has 2 heterocycles. The third-order valence-electron chi connectivity index (χ3n) is 8.63. The molecule has 3 aromatic rings. The Morgan fingerprint density at radius 1 is 0.976 bits per heavy atom. The molecule has 41 heavy (non-hydrogen) atoms. The van der Waals surface area contributed by atoms with Gasteiger partial charge in [-0.3, -0.25) is 9.69 Å². The first-order valence-corrected chi connectivity index (χ1v) is 14.1. The molecule has 3 unspecified atom stereocenters. The molecule has 2 fully saturated rings. The van der Waals surface area contributed by atoms with Crippen molar-refractivity contribution >= 4 is 23.3 Å². The number of rotatable bonds is 6. The van der Waals surface area contributed by atoms with Crippen LogP contribution in [0.3, 0.4) is 0 Å². The first kappa shape index (κ1) is 26.9. The van der Waals surface area contributed by atoms with E-state index in [1.54, 1.807) is 24.3 Å². The molecule has 0 aromatic heterocycles. The summed E-state index contributed by atoms with van der Waals surface area (Å²) in [6.45, 7) is 1.80. The van der Waals surface area contributed by atoms with Crippen molar-refractivity contribution in [2.45, 2.75) is 43.7 Å². The summed E-state index contributed by atoms with van der Waals surface area (Å²) in [5.41, 5.74) is 3.22. The summed E-state index contributed by atoms with van der Waals surface area (Å²) in [5.74, 6) is -2.06. The first-order chi connectivity index (χ1) is 19.9. The van der Waals surface area contributed by atoms with Crippen molar-refractivity contribution in [2.24, 2.45) is 5.92 Å². The van der Waals surface area contributed by atoms with Crippen LogP contribution in [-0.2, 0) is 4.79 Å². The Labute approximate surface area is 237 Å². The molecule has 7 nitrogen and oxygen atoms in total. The molecule has 0 spiro atoms. The van der Waals surface area contributed by atoms with Crippen LogP contribution in [-0.4, -0.2) is 42.5 Å². The highest BCUT2D eigenvalue weighted by molar-refractivity contribution is 6.04. The number of nitrogens with zero attached hydrogens (tertiary/aromatic N) is 3. The quantitative estimate of drug-likeness (QED) is 0.408. The Kier molecular flexibility index (Phi) is 7.41. The molecule has 0 radical (unpaired) electrons. The van der Waals surface area contributed by atoms with Crippen LogP contribution in [0.4, 0.5) is 25.0 Å². The number of hydrogen-bond acceptors (Lipinski definition) is 4. The number of nitriles is 1. The maximum absolute atomic E-state index is 14.3. The fraction of sp³-hybridized carbons (Fsp3) is 0.344. The Morgan fingerprint density at radius 3 is 2.49 bits per heavy atom. The van der Waals surface area contributed by atoms with Crippen molar-refractivity contribution in [1.29, 1.82) is 5.26 Å². The third-order valence-corrected chi connectivity index (χ3v) is 8.63. The van der Waals surface area contributed by atoms with Crippen molar-refractivity contribution < 1.29 is 18.4 Å². The second kappa shape index (κ2) is 11.3. The molecule has 0 bridgehead atoms. The monoisotopic (exact) mass is 555 g/mol. The van der Waals surface area contributed by atoms with Gasteiger partial charge in [0.2, 0.25) is 0 Å². The summed E-state index contributed by atoms with van der Waals surface area (Å²) < 4.78 is 28.2. The van der Waals surface area contributed by atoms with Gasteiger partial charge >= 0.3 is 6.03 Å². The largest absolute Gasteiger partial charge is 0.322 e. The van der Waals surface area contributed by atoms with Crippen molar-refractivity contribution in [3.8, 4) is 6.07 Å². The number of hydrogen-bond donors (Lipinski definition) is 2. The van der Waals surface area contributed by atoms with Crippen LogP contribution in [0.1, 0.15) is 54.3 Å². The van der Waals surface area contributed by atoms with Crippen molar-refractivity contribution in [1.82, 2.24) is 10.2 Å². The summed E-state index contributed by atoms with van der Waals surface area (Å²) in [6.07, 6.45) is 4.32. The maximum Gasteiger partial charge on any atom is 0.320 e. The minimum atomic E-state index is -1.04. The molecule has 3 aromatic carbocycles. The number of benzene rings is 3. The Hall–Kier alpha value is -4.29. The summed E-state index contributed by atoms with van der Waals surface area (Å²) >= 11 is 0. The molecule has 9 heteroatoms. The van der Waals surface area contributed by atoms with E-state index in [4.69, 9.17) is 0 Å². The molecule has 3 atom stereocenters. The maximum atomic E-state index is 14.3. The van der Waals surface area contributed by atoms with E-state index in [-0.39, 0.29) is 17.5 Å². The highest BCUT2D eigenvalue weighted by Crippen LogP contribution is 2.40. The van der Waals surface area contributed by atoms with E-state index in [9.17, 15) is 23.6 Å². The van der Waals surface area contributed by atoms with Crippen LogP contribution in [0, 0.1) is 28.9 Å². The summed E-state index contributed by atoms with van der Waals surface area (Å²) in [6, 6.07) is 19.5. The lowest BCUT2D eigenvalue weighted by Crippen LogP contribution is -2.58. The molecule has 1 aliphatic carbocycles. The second-order valence-electron chi connectivity index (χ2n) is 11.1. The van der Waals surface area contributed by atoms with E-state index in [0.29, 0.717) is 23.8 Å². The predicted molar refractivity (Wildman–Crippen MR) is 151 cm³/mol. The molecular formula is C32H31F2N5O2. The van der Waals surface area contributed by atoms with Gasteiger partial charge in [0.05, 0.1) is 11.6 Å². The molecule has 2 N–H and O–H groups in total. The molecule has 1 saturated heterocycles. The van der Waals surface area contributed by atoms with Gasteiger partial charge in [0.15, 0.2) is 11.6 Å². The van der Waals surface area contributed by atoms with Crippen LogP contribution in [0.5, 0.6) is 0 Å². The van der Waals surface area contributed by atoms with Gasteiger partial charge in [-0.05, 0) is 42.7 Å². The van der Waals surface area contributed by atoms with Crippen LogP contribution in [0.15, 0.2) is 66.7 Å². The lowest BCUT2D eigenvalue weighted by molar-refractivity contribution is -0.121. The van der Waals surface area contributed by atoms with Crippen molar-refractivity contribution in [2.75, 3.05) is 29.9 Å². The minimum Gasteiger partial charge on any atom is -0.322 e. The topological polar surface area (TPSA) is 88.5 Å². The molecule has 3 aliphatic rings.